The molecule has 0 aliphatic heterocycles. The third-order valence-electron chi connectivity index (χ3n) is 3.34. The molecule has 0 radical (unpaired) electrons. The number of carbonyl (C=O) groups excluding carboxylic acids is 1. The number of benzene rings is 1. The van der Waals surface area contributed by atoms with E-state index < -0.39 is 0 Å². The molecule has 0 bridgehead atoms. The summed E-state index contributed by atoms with van der Waals surface area (Å²) in [4.78, 5) is 11.2. The van der Waals surface area contributed by atoms with E-state index in [1.54, 1.807) is 0 Å². The normalized spacial score (nSPS) is 11.1. The average molecular weight is 301 g/mol. The Kier molecular flexibility index (Phi) is 3.79. The van der Waals surface area contributed by atoms with Crippen molar-refractivity contribution in [3.63, 3.8) is 0 Å². The summed E-state index contributed by atoms with van der Waals surface area (Å²) in [6.45, 7) is 2.07. The van der Waals surface area contributed by atoms with Crippen LogP contribution in [0.1, 0.15) is 12.0 Å². The molecule has 6 heteroatoms. The molecule has 5 nitrogen and oxygen atoms in total. The van der Waals surface area contributed by atoms with Crippen molar-refractivity contribution in [2.24, 2.45) is 0 Å². The Morgan fingerprint density at radius 1 is 1.33 bits per heavy atom. The highest BCUT2D eigenvalue weighted by molar-refractivity contribution is 7.99. The quantitative estimate of drug-likeness (QED) is 0.548. The van der Waals surface area contributed by atoms with Crippen LogP contribution in [0.25, 0.3) is 16.6 Å². The number of aryl methyl sites for hydroxylation is 1. The lowest BCUT2D eigenvalue weighted by Crippen LogP contribution is -2.01. The van der Waals surface area contributed by atoms with Gasteiger partial charge in [0.25, 0.3) is 0 Å². The Morgan fingerprint density at radius 2 is 2.14 bits per heavy atom. The summed E-state index contributed by atoms with van der Waals surface area (Å²) < 4.78 is 6.68. The smallest absolute Gasteiger partial charge is 0.306 e. The van der Waals surface area contributed by atoms with E-state index in [0.29, 0.717) is 12.2 Å². The third kappa shape index (κ3) is 2.58. The van der Waals surface area contributed by atoms with Crippen LogP contribution < -0.4 is 0 Å². The van der Waals surface area contributed by atoms with E-state index in [-0.39, 0.29) is 5.97 Å². The third-order valence-corrected chi connectivity index (χ3v) is 4.27. The van der Waals surface area contributed by atoms with Gasteiger partial charge in [-0.05, 0) is 24.6 Å². The summed E-state index contributed by atoms with van der Waals surface area (Å²) in [6, 6.07) is 10.2. The lowest BCUT2D eigenvalue weighted by atomic mass is 10.1. The highest BCUT2D eigenvalue weighted by Gasteiger charge is 2.11. The van der Waals surface area contributed by atoms with Gasteiger partial charge in [-0.3, -0.25) is 9.20 Å². The fraction of sp³-hybridized carbons (Fsp3) is 0.267. The summed E-state index contributed by atoms with van der Waals surface area (Å²) in [5, 5.41) is 10.4. The number of ether oxygens (including phenoxy) is 1. The molecule has 0 aliphatic carbocycles. The Bertz CT molecular complexity index is 813. The molecule has 3 aromatic rings. The maximum Gasteiger partial charge on any atom is 0.306 e. The number of hydrogen-bond acceptors (Lipinski definition) is 5. The Hall–Kier alpha value is -2.08. The van der Waals surface area contributed by atoms with Crippen LogP contribution in [0.2, 0.25) is 0 Å². The maximum atomic E-state index is 11.2. The van der Waals surface area contributed by atoms with Crippen molar-refractivity contribution in [2.75, 3.05) is 12.9 Å². The zero-order chi connectivity index (χ0) is 14.8. The van der Waals surface area contributed by atoms with Gasteiger partial charge in [-0.2, -0.15) is 0 Å². The second-order valence-corrected chi connectivity index (χ2v) is 5.76. The Labute approximate surface area is 126 Å². The molecule has 2 heterocycles. The molecular formula is C15H15N3O2S. The fourth-order valence-electron chi connectivity index (χ4n) is 2.30. The van der Waals surface area contributed by atoms with E-state index in [1.807, 2.05) is 22.6 Å². The number of esters is 1. The monoisotopic (exact) mass is 301 g/mol. The minimum absolute atomic E-state index is 0.211. The van der Waals surface area contributed by atoms with Crippen molar-refractivity contribution < 1.29 is 9.53 Å². The first kappa shape index (κ1) is 13.9. The molecule has 0 spiro atoms. The van der Waals surface area contributed by atoms with Crippen LogP contribution in [0, 0.1) is 6.92 Å². The van der Waals surface area contributed by atoms with Gasteiger partial charge in [0.05, 0.1) is 19.0 Å². The molecule has 0 saturated heterocycles. The van der Waals surface area contributed by atoms with Crippen molar-refractivity contribution >= 4 is 34.3 Å². The summed E-state index contributed by atoms with van der Waals surface area (Å²) >= 11 is 1.51. The van der Waals surface area contributed by atoms with Gasteiger partial charge in [-0.25, -0.2) is 0 Å². The second-order valence-electron chi connectivity index (χ2n) is 4.70. The number of para-hydroxylation sites is 1. The van der Waals surface area contributed by atoms with Crippen LogP contribution >= 0.6 is 11.8 Å². The fourth-order valence-corrected chi connectivity index (χ4v) is 3.17. The van der Waals surface area contributed by atoms with E-state index in [0.717, 1.165) is 16.3 Å². The molecule has 21 heavy (non-hydrogen) atoms. The van der Waals surface area contributed by atoms with Gasteiger partial charge in [-0.1, -0.05) is 30.0 Å². The Morgan fingerprint density at radius 3 is 2.95 bits per heavy atom. The van der Waals surface area contributed by atoms with Gasteiger partial charge in [0, 0.05) is 11.1 Å². The molecule has 0 fully saturated rings. The molecule has 108 valence electrons. The van der Waals surface area contributed by atoms with Crippen LogP contribution in [0.3, 0.4) is 0 Å². The predicted molar refractivity (Wildman–Crippen MR) is 82.6 cm³/mol. The van der Waals surface area contributed by atoms with Crippen molar-refractivity contribution in [3.8, 4) is 0 Å². The molecule has 0 N–H and O–H groups in total. The predicted octanol–water partition coefficient (Wildman–Crippen LogP) is 2.85. The summed E-state index contributed by atoms with van der Waals surface area (Å²) in [5.41, 5.74) is 3.08. The molecule has 0 atom stereocenters. The number of pyridine rings is 1. The zero-order valence-corrected chi connectivity index (χ0v) is 12.7. The molecule has 0 aliphatic rings. The van der Waals surface area contributed by atoms with Crippen LogP contribution in [-0.4, -0.2) is 33.4 Å². The standard InChI is InChI=1S/C15H15N3O2S/c1-10-9-13-16-17-15(21-8-7-14(19)20-2)18(13)12-6-4-3-5-11(10)12/h3-6,9H,7-8H2,1-2H3. The summed E-state index contributed by atoms with van der Waals surface area (Å²) in [7, 11) is 1.40. The van der Waals surface area contributed by atoms with Gasteiger partial charge in [0.15, 0.2) is 10.8 Å². The van der Waals surface area contributed by atoms with Gasteiger partial charge in [0.2, 0.25) is 0 Å². The largest absolute Gasteiger partial charge is 0.469 e. The number of rotatable bonds is 4. The van der Waals surface area contributed by atoms with Crippen LogP contribution in [0.4, 0.5) is 0 Å². The average Bonchev–Trinajstić information content (AvgIpc) is 2.90. The maximum absolute atomic E-state index is 11.2. The molecule has 0 saturated carbocycles. The molecule has 0 amide bonds. The minimum atomic E-state index is -0.211. The first-order valence-corrected chi connectivity index (χ1v) is 7.62. The van der Waals surface area contributed by atoms with Crippen molar-refractivity contribution in [1.82, 2.24) is 14.6 Å². The highest BCUT2D eigenvalue weighted by Crippen LogP contribution is 2.25. The van der Waals surface area contributed by atoms with Gasteiger partial charge < -0.3 is 4.74 Å². The second kappa shape index (κ2) is 5.73. The summed E-state index contributed by atoms with van der Waals surface area (Å²) in [6.07, 6.45) is 0.361. The van der Waals surface area contributed by atoms with E-state index >= 15 is 0 Å². The first-order valence-electron chi connectivity index (χ1n) is 6.64. The SMILES string of the molecule is COC(=O)CCSc1nnc2cc(C)c3ccccc3n12. The molecular weight excluding hydrogens is 286 g/mol. The number of fused-ring (bicyclic) bond motifs is 3. The number of carbonyl (C=O) groups is 1. The van der Waals surface area contributed by atoms with Crippen LogP contribution in [0.5, 0.6) is 0 Å². The highest BCUT2D eigenvalue weighted by atomic mass is 32.2. The number of thioether (sulfide) groups is 1. The van der Waals surface area contributed by atoms with Gasteiger partial charge >= 0.3 is 5.97 Å². The van der Waals surface area contributed by atoms with E-state index in [2.05, 4.69) is 34.0 Å². The minimum Gasteiger partial charge on any atom is -0.469 e. The summed E-state index contributed by atoms with van der Waals surface area (Å²) in [5.74, 6) is 0.410. The molecule has 0 unspecified atom stereocenters. The Balaban J connectivity index is 2.00. The van der Waals surface area contributed by atoms with Crippen LogP contribution in [0.15, 0.2) is 35.5 Å². The van der Waals surface area contributed by atoms with Gasteiger partial charge in [0.1, 0.15) is 0 Å². The number of nitrogens with zero attached hydrogens (tertiary/aromatic N) is 3. The van der Waals surface area contributed by atoms with Crippen molar-refractivity contribution in [3.05, 3.63) is 35.9 Å². The van der Waals surface area contributed by atoms with Gasteiger partial charge in [-0.15, -0.1) is 10.2 Å². The van der Waals surface area contributed by atoms with Crippen molar-refractivity contribution in [2.45, 2.75) is 18.5 Å². The number of methoxy groups -OCH3 is 1. The number of hydrogen-bond donors (Lipinski definition) is 0. The lowest BCUT2D eigenvalue weighted by molar-refractivity contribution is -0.140. The lowest BCUT2D eigenvalue weighted by Gasteiger charge is -2.07. The zero-order valence-electron chi connectivity index (χ0n) is 11.9. The first-order chi connectivity index (χ1) is 10.2. The van der Waals surface area contributed by atoms with E-state index in [1.165, 1.54) is 29.8 Å². The van der Waals surface area contributed by atoms with E-state index in [4.69, 9.17) is 0 Å². The van der Waals surface area contributed by atoms with Crippen molar-refractivity contribution in [1.29, 1.82) is 0 Å². The molecule has 2 aromatic heterocycles. The topological polar surface area (TPSA) is 56.5 Å². The van der Waals surface area contributed by atoms with Crippen LogP contribution in [-0.2, 0) is 9.53 Å². The number of aromatic nitrogens is 3. The van der Waals surface area contributed by atoms with E-state index in [9.17, 15) is 4.79 Å². The molecule has 3 rings (SSSR count). The molecule has 1 aromatic carbocycles.